The lowest BCUT2D eigenvalue weighted by Gasteiger charge is -2.33. The average Bonchev–Trinajstić information content (AvgIpc) is 3.55. The number of hydrogen-bond donors (Lipinski definition) is 2. The van der Waals surface area contributed by atoms with Gasteiger partial charge in [0.2, 0.25) is 11.8 Å². The lowest BCUT2D eigenvalue weighted by molar-refractivity contribution is -0.141. The zero-order chi connectivity index (χ0) is 24.3. The van der Waals surface area contributed by atoms with Gasteiger partial charge in [-0.15, -0.1) is 0 Å². The van der Waals surface area contributed by atoms with Gasteiger partial charge in [-0.2, -0.15) is 0 Å². The molecule has 34 heavy (non-hydrogen) atoms. The fourth-order valence-corrected chi connectivity index (χ4v) is 4.13. The average molecular weight is 472 g/mol. The van der Waals surface area contributed by atoms with Crippen molar-refractivity contribution in [3.8, 4) is 5.75 Å². The van der Waals surface area contributed by atoms with E-state index >= 15 is 0 Å². The molecule has 1 aliphatic carbocycles. The molecule has 1 aromatic heterocycles. The number of furan rings is 1. The maximum Gasteiger partial charge on any atom is 0.287 e. The standard InChI is InChI=1S/C25H33N3O6/c1-3-33-20-12-7-6-11-19(20)23(25(31)27-18-9-4-5-10-18)28(14-16-32-2)22(29)17-26-24(30)21-13-8-15-34-21/h6-8,11-13,15,18,23H,3-5,9-10,14,16-17H2,1-2H3,(H,26,30)(H,27,31). The molecule has 2 N–H and O–H groups in total. The van der Waals surface area contributed by atoms with Gasteiger partial charge in [0.15, 0.2) is 5.76 Å². The minimum atomic E-state index is -0.938. The number of nitrogens with one attached hydrogen (secondary N) is 2. The van der Waals surface area contributed by atoms with E-state index in [2.05, 4.69) is 10.6 Å². The van der Waals surface area contributed by atoms with Crippen LogP contribution < -0.4 is 15.4 Å². The number of nitrogens with zero attached hydrogens (tertiary/aromatic N) is 1. The summed E-state index contributed by atoms with van der Waals surface area (Å²) in [5, 5.41) is 5.69. The molecule has 0 spiro atoms. The first-order valence-corrected chi connectivity index (χ1v) is 11.7. The number of hydrogen-bond acceptors (Lipinski definition) is 6. The highest BCUT2D eigenvalue weighted by molar-refractivity contribution is 5.95. The van der Waals surface area contributed by atoms with Gasteiger partial charge in [0.05, 0.1) is 26.0 Å². The van der Waals surface area contributed by atoms with Gasteiger partial charge >= 0.3 is 0 Å². The van der Waals surface area contributed by atoms with Crippen LogP contribution in [0.3, 0.4) is 0 Å². The molecule has 1 heterocycles. The maximum absolute atomic E-state index is 13.6. The molecule has 9 nitrogen and oxygen atoms in total. The molecule has 1 saturated carbocycles. The summed E-state index contributed by atoms with van der Waals surface area (Å²) in [6.45, 7) is 2.37. The molecule has 0 saturated heterocycles. The molecule has 2 aromatic rings. The summed E-state index contributed by atoms with van der Waals surface area (Å²) in [5.41, 5.74) is 0.585. The van der Waals surface area contributed by atoms with Crippen molar-refractivity contribution < 1.29 is 28.3 Å². The highest BCUT2D eigenvalue weighted by atomic mass is 16.5. The number of carbonyl (C=O) groups is 3. The zero-order valence-electron chi connectivity index (χ0n) is 19.7. The summed E-state index contributed by atoms with van der Waals surface area (Å²) < 4.78 is 16.1. The molecule has 1 unspecified atom stereocenters. The Labute approximate surface area is 199 Å². The SMILES string of the molecule is CCOc1ccccc1C(C(=O)NC1CCCC1)N(CCOC)C(=O)CNC(=O)c1ccco1. The summed E-state index contributed by atoms with van der Waals surface area (Å²) in [5.74, 6) is -0.567. The number of para-hydroxylation sites is 1. The van der Waals surface area contributed by atoms with E-state index in [9.17, 15) is 14.4 Å². The topological polar surface area (TPSA) is 110 Å². The van der Waals surface area contributed by atoms with Gasteiger partial charge in [0.25, 0.3) is 5.91 Å². The van der Waals surface area contributed by atoms with Gasteiger partial charge in [-0.1, -0.05) is 31.0 Å². The van der Waals surface area contributed by atoms with Crippen LogP contribution in [0.1, 0.15) is 54.8 Å². The third kappa shape index (κ3) is 6.60. The Balaban J connectivity index is 1.88. The first kappa shape index (κ1) is 25.3. The van der Waals surface area contributed by atoms with Crippen LogP contribution in [-0.2, 0) is 14.3 Å². The Bertz CT molecular complexity index is 940. The third-order valence-electron chi connectivity index (χ3n) is 5.78. The van der Waals surface area contributed by atoms with E-state index in [4.69, 9.17) is 13.9 Å². The molecule has 1 aliphatic rings. The predicted molar refractivity (Wildman–Crippen MR) is 125 cm³/mol. The molecular formula is C25H33N3O6. The van der Waals surface area contributed by atoms with Crippen LogP contribution in [0, 0.1) is 0 Å². The highest BCUT2D eigenvalue weighted by Crippen LogP contribution is 2.31. The van der Waals surface area contributed by atoms with Crippen molar-refractivity contribution in [1.29, 1.82) is 0 Å². The van der Waals surface area contributed by atoms with Gasteiger partial charge in [-0.25, -0.2) is 0 Å². The van der Waals surface area contributed by atoms with E-state index < -0.39 is 17.9 Å². The van der Waals surface area contributed by atoms with Crippen LogP contribution in [0.15, 0.2) is 47.1 Å². The smallest absolute Gasteiger partial charge is 0.287 e. The van der Waals surface area contributed by atoms with Crippen molar-refractivity contribution in [2.75, 3.05) is 33.4 Å². The normalized spacial score (nSPS) is 14.4. The van der Waals surface area contributed by atoms with Crippen LogP contribution in [0.2, 0.25) is 0 Å². The number of methoxy groups -OCH3 is 1. The van der Waals surface area contributed by atoms with E-state index in [0.29, 0.717) is 17.9 Å². The van der Waals surface area contributed by atoms with E-state index in [0.717, 1.165) is 25.7 Å². The first-order chi connectivity index (χ1) is 16.5. The van der Waals surface area contributed by atoms with Crippen LogP contribution in [0.5, 0.6) is 5.75 Å². The predicted octanol–water partition coefficient (Wildman–Crippen LogP) is 2.68. The summed E-state index contributed by atoms with van der Waals surface area (Å²) >= 11 is 0. The second-order valence-corrected chi connectivity index (χ2v) is 8.10. The van der Waals surface area contributed by atoms with Gasteiger partial charge in [0, 0.05) is 25.3 Å². The number of rotatable bonds is 12. The second kappa shape index (κ2) is 12.8. The van der Waals surface area contributed by atoms with Gasteiger partial charge < -0.3 is 29.4 Å². The Hall–Kier alpha value is -3.33. The fraction of sp³-hybridized carbons (Fsp3) is 0.480. The third-order valence-corrected chi connectivity index (χ3v) is 5.78. The molecule has 184 valence electrons. The second-order valence-electron chi connectivity index (χ2n) is 8.10. The Kier molecular flexibility index (Phi) is 9.51. The molecule has 3 rings (SSSR count). The largest absolute Gasteiger partial charge is 0.494 e. The molecule has 9 heteroatoms. The van der Waals surface area contributed by atoms with Gasteiger partial charge in [-0.05, 0) is 38.0 Å². The molecule has 1 aromatic carbocycles. The number of amides is 3. The van der Waals surface area contributed by atoms with Crippen LogP contribution in [0.4, 0.5) is 0 Å². The molecule has 0 bridgehead atoms. The van der Waals surface area contributed by atoms with Crippen molar-refractivity contribution in [3.63, 3.8) is 0 Å². The monoisotopic (exact) mass is 471 g/mol. The molecule has 0 radical (unpaired) electrons. The number of carbonyl (C=O) groups excluding carboxylic acids is 3. The molecule has 3 amide bonds. The first-order valence-electron chi connectivity index (χ1n) is 11.7. The quantitative estimate of drug-likeness (QED) is 0.493. The minimum Gasteiger partial charge on any atom is -0.494 e. The van der Waals surface area contributed by atoms with E-state index in [1.165, 1.54) is 24.3 Å². The van der Waals surface area contributed by atoms with Crippen molar-refractivity contribution in [2.45, 2.75) is 44.7 Å². The van der Waals surface area contributed by atoms with E-state index in [1.807, 2.05) is 19.1 Å². The number of ether oxygens (including phenoxy) is 2. The fourth-order valence-electron chi connectivity index (χ4n) is 4.13. The van der Waals surface area contributed by atoms with E-state index in [1.54, 1.807) is 18.2 Å². The maximum atomic E-state index is 13.6. The summed E-state index contributed by atoms with van der Waals surface area (Å²) in [6, 6.07) is 9.45. The van der Waals surface area contributed by atoms with Crippen molar-refractivity contribution >= 4 is 17.7 Å². The van der Waals surface area contributed by atoms with Crippen LogP contribution >= 0.6 is 0 Å². The van der Waals surface area contributed by atoms with Crippen LogP contribution in [-0.4, -0.2) is 62.1 Å². The lowest BCUT2D eigenvalue weighted by atomic mass is 10.0. The summed E-state index contributed by atoms with van der Waals surface area (Å²) in [6.07, 6.45) is 5.34. The van der Waals surface area contributed by atoms with Crippen molar-refractivity contribution in [2.24, 2.45) is 0 Å². The van der Waals surface area contributed by atoms with Gasteiger partial charge in [0.1, 0.15) is 11.8 Å². The van der Waals surface area contributed by atoms with Crippen LogP contribution in [0.25, 0.3) is 0 Å². The molecular weight excluding hydrogens is 438 g/mol. The zero-order valence-corrected chi connectivity index (χ0v) is 19.7. The van der Waals surface area contributed by atoms with Crippen molar-refractivity contribution in [3.05, 3.63) is 54.0 Å². The molecule has 1 atom stereocenters. The van der Waals surface area contributed by atoms with Crippen molar-refractivity contribution in [1.82, 2.24) is 15.5 Å². The van der Waals surface area contributed by atoms with E-state index in [-0.39, 0.29) is 37.4 Å². The summed E-state index contributed by atoms with van der Waals surface area (Å²) in [7, 11) is 1.53. The molecule has 0 aliphatic heterocycles. The van der Waals surface area contributed by atoms with Gasteiger partial charge in [-0.3, -0.25) is 14.4 Å². The lowest BCUT2D eigenvalue weighted by Crippen LogP contribution is -2.49. The Morgan fingerprint density at radius 3 is 2.59 bits per heavy atom. The Morgan fingerprint density at radius 1 is 1.15 bits per heavy atom. The minimum absolute atomic E-state index is 0.0762. The molecule has 1 fully saturated rings. The number of benzene rings is 1. The Morgan fingerprint density at radius 2 is 1.91 bits per heavy atom. The summed E-state index contributed by atoms with van der Waals surface area (Å²) in [4.78, 5) is 40.7. The highest BCUT2D eigenvalue weighted by Gasteiger charge is 2.35.